The molecule has 1 aromatic heterocycles. The first-order valence-corrected chi connectivity index (χ1v) is 5.04. The zero-order chi connectivity index (χ0) is 9.97. The highest BCUT2D eigenvalue weighted by Crippen LogP contribution is 2.24. The van der Waals surface area contributed by atoms with Crippen LogP contribution in [0.3, 0.4) is 0 Å². The molecule has 0 aliphatic rings. The summed E-state index contributed by atoms with van der Waals surface area (Å²) >= 11 is 1.57. The molecule has 14 heavy (non-hydrogen) atoms. The van der Waals surface area contributed by atoms with Crippen LogP contribution in [0.15, 0.2) is 35.0 Å². The minimum atomic E-state index is -0.295. The number of nitrogen functional groups attached to an aromatic ring is 1. The number of hydrogen-bond acceptors (Lipinski definition) is 3. The molecule has 0 amide bonds. The van der Waals surface area contributed by atoms with E-state index in [-0.39, 0.29) is 5.82 Å². The predicted molar refractivity (Wildman–Crippen MR) is 58.4 cm³/mol. The van der Waals surface area contributed by atoms with Gasteiger partial charge in [-0.05, 0) is 29.6 Å². The average molecular weight is 208 g/mol. The highest BCUT2D eigenvalue weighted by molar-refractivity contribution is 7.08. The topological polar surface area (TPSA) is 38.0 Å². The molecule has 0 spiro atoms. The molecular formula is C10H9FN2S. The predicted octanol–water partition coefficient (Wildman–Crippen LogP) is 3.21. The van der Waals surface area contributed by atoms with Gasteiger partial charge in [0.25, 0.3) is 0 Å². The Kier molecular flexibility index (Phi) is 2.37. The fourth-order valence-electron chi connectivity index (χ4n) is 1.13. The number of nitrogens with two attached hydrogens (primary N) is 1. The van der Waals surface area contributed by atoms with Crippen molar-refractivity contribution in [3.8, 4) is 0 Å². The molecule has 0 aliphatic heterocycles. The number of nitrogens with one attached hydrogen (secondary N) is 1. The van der Waals surface area contributed by atoms with Gasteiger partial charge >= 0.3 is 0 Å². The van der Waals surface area contributed by atoms with E-state index in [1.165, 1.54) is 12.1 Å². The number of halogens is 1. The Morgan fingerprint density at radius 2 is 2.14 bits per heavy atom. The second-order valence-electron chi connectivity index (χ2n) is 2.87. The van der Waals surface area contributed by atoms with Crippen LogP contribution in [-0.4, -0.2) is 0 Å². The second-order valence-corrected chi connectivity index (χ2v) is 3.65. The Balaban J connectivity index is 2.28. The standard InChI is InChI=1S/C10H9FN2S/c11-7-1-2-9(12)10(5-7)13-8-3-4-14-6-8/h1-6,13H,12H2. The van der Waals surface area contributed by atoms with Crippen LogP contribution in [-0.2, 0) is 0 Å². The van der Waals surface area contributed by atoms with Gasteiger partial charge in [-0.2, -0.15) is 11.3 Å². The van der Waals surface area contributed by atoms with Crippen molar-refractivity contribution in [3.63, 3.8) is 0 Å². The summed E-state index contributed by atoms with van der Waals surface area (Å²) in [5.41, 5.74) is 7.74. The van der Waals surface area contributed by atoms with Crippen molar-refractivity contribution in [2.45, 2.75) is 0 Å². The number of anilines is 3. The molecule has 1 aromatic carbocycles. The third-order valence-electron chi connectivity index (χ3n) is 1.82. The normalized spacial score (nSPS) is 10.1. The highest BCUT2D eigenvalue weighted by atomic mass is 32.1. The Labute approximate surface area is 85.2 Å². The van der Waals surface area contributed by atoms with Gasteiger partial charge in [0, 0.05) is 11.1 Å². The van der Waals surface area contributed by atoms with Crippen molar-refractivity contribution >= 4 is 28.4 Å². The SMILES string of the molecule is Nc1ccc(F)cc1Nc1ccsc1. The highest BCUT2D eigenvalue weighted by Gasteiger charge is 2.01. The van der Waals surface area contributed by atoms with E-state index in [1.807, 2.05) is 16.8 Å². The van der Waals surface area contributed by atoms with Crippen LogP contribution in [0.25, 0.3) is 0 Å². The third-order valence-corrected chi connectivity index (χ3v) is 2.50. The zero-order valence-corrected chi connectivity index (χ0v) is 8.14. The van der Waals surface area contributed by atoms with Gasteiger partial charge in [0.15, 0.2) is 0 Å². The third kappa shape index (κ3) is 1.85. The first kappa shape index (κ1) is 9.02. The molecule has 0 radical (unpaired) electrons. The van der Waals surface area contributed by atoms with E-state index in [4.69, 9.17) is 5.73 Å². The minimum Gasteiger partial charge on any atom is -0.397 e. The van der Waals surface area contributed by atoms with E-state index >= 15 is 0 Å². The summed E-state index contributed by atoms with van der Waals surface area (Å²) in [6, 6.07) is 6.18. The number of rotatable bonds is 2. The number of benzene rings is 1. The van der Waals surface area contributed by atoms with Crippen molar-refractivity contribution in [2.24, 2.45) is 0 Å². The van der Waals surface area contributed by atoms with Crippen molar-refractivity contribution in [3.05, 3.63) is 40.8 Å². The fourth-order valence-corrected chi connectivity index (χ4v) is 1.72. The second kappa shape index (κ2) is 3.67. The fraction of sp³-hybridized carbons (Fsp3) is 0. The van der Waals surface area contributed by atoms with Gasteiger partial charge in [-0.15, -0.1) is 0 Å². The van der Waals surface area contributed by atoms with Crippen LogP contribution in [0.4, 0.5) is 21.5 Å². The summed E-state index contributed by atoms with van der Waals surface area (Å²) in [7, 11) is 0. The largest absolute Gasteiger partial charge is 0.397 e. The van der Waals surface area contributed by atoms with Crippen LogP contribution in [0.1, 0.15) is 0 Å². The van der Waals surface area contributed by atoms with E-state index in [9.17, 15) is 4.39 Å². The molecule has 2 rings (SSSR count). The van der Waals surface area contributed by atoms with Gasteiger partial charge < -0.3 is 11.1 Å². The molecule has 0 bridgehead atoms. The Morgan fingerprint density at radius 3 is 2.86 bits per heavy atom. The summed E-state index contributed by atoms with van der Waals surface area (Å²) in [6.45, 7) is 0. The maximum Gasteiger partial charge on any atom is 0.125 e. The average Bonchev–Trinajstić information content (AvgIpc) is 2.64. The lowest BCUT2D eigenvalue weighted by Gasteiger charge is -2.06. The van der Waals surface area contributed by atoms with E-state index in [2.05, 4.69) is 5.32 Å². The first-order valence-electron chi connectivity index (χ1n) is 4.10. The molecule has 0 aliphatic carbocycles. The van der Waals surface area contributed by atoms with Gasteiger partial charge in [0.2, 0.25) is 0 Å². The molecular weight excluding hydrogens is 199 g/mol. The van der Waals surface area contributed by atoms with E-state index in [1.54, 1.807) is 17.4 Å². The van der Waals surface area contributed by atoms with Gasteiger partial charge in [-0.25, -0.2) is 4.39 Å². The van der Waals surface area contributed by atoms with Gasteiger partial charge in [-0.1, -0.05) is 0 Å². The lowest BCUT2D eigenvalue weighted by atomic mass is 10.2. The van der Waals surface area contributed by atoms with Crippen molar-refractivity contribution in [1.82, 2.24) is 0 Å². The van der Waals surface area contributed by atoms with Crippen molar-refractivity contribution < 1.29 is 4.39 Å². The zero-order valence-electron chi connectivity index (χ0n) is 7.33. The van der Waals surface area contributed by atoms with E-state index in [0.29, 0.717) is 11.4 Å². The Bertz CT molecular complexity index is 426. The molecule has 1 heterocycles. The summed E-state index contributed by atoms with van der Waals surface area (Å²) in [6.07, 6.45) is 0. The maximum atomic E-state index is 12.9. The Hall–Kier alpha value is -1.55. The number of thiophene rings is 1. The molecule has 0 atom stereocenters. The first-order chi connectivity index (χ1) is 6.75. The summed E-state index contributed by atoms with van der Waals surface area (Å²) in [5, 5.41) is 6.92. The maximum absolute atomic E-state index is 12.9. The summed E-state index contributed by atoms with van der Waals surface area (Å²) in [5.74, 6) is -0.295. The quantitative estimate of drug-likeness (QED) is 0.744. The lowest BCUT2D eigenvalue weighted by molar-refractivity contribution is 0.628. The minimum absolute atomic E-state index is 0.295. The summed E-state index contributed by atoms with van der Waals surface area (Å²) in [4.78, 5) is 0. The van der Waals surface area contributed by atoms with Crippen LogP contribution < -0.4 is 11.1 Å². The molecule has 4 heteroatoms. The lowest BCUT2D eigenvalue weighted by Crippen LogP contribution is -1.95. The van der Waals surface area contributed by atoms with Crippen molar-refractivity contribution in [2.75, 3.05) is 11.1 Å². The monoisotopic (exact) mass is 208 g/mol. The smallest absolute Gasteiger partial charge is 0.125 e. The summed E-state index contributed by atoms with van der Waals surface area (Å²) < 4.78 is 12.9. The molecule has 3 N–H and O–H groups in total. The van der Waals surface area contributed by atoms with Crippen LogP contribution in [0.5, 0.6) is 0 Å². The van der Waals surface area contributed by atoms with Gasteiger partial charge in [0.05, 0.1) is 11.4 Å². The van der Waals surface area contributed by atoms with E-state index < -0.39 is 0 Å². The number of hydrogen-bond donors (Lipinski definition) is 2. The molecule has 0 fully saturated rings. The van der Waals surface area contributed by atoms with Crippen LogP contribution >= 0.6 is 11.3 Å². The Morgan fingerprint density at radius 1 is 1.29 bits per heavy atom. The molecule has 2 nitrogen and oxygen atoms in total. The van der Waals surface area contributed by atoms with Gasteiger partial charge in [-0.3, -0.25) is 0 Å². The molecule has 0 saturated heterocycles. The van der Waals surface area contributed by atoms with Crippen molar-refractivity contribution in [1.29, 1.82) is 0 Å². The van der Waals surface area contributed by atoms with Gasteiger partial charge in [0.1, 0.15) is 5.82 Å². The molecule has 72 valence electrons. The van der Waals surface area contributed by atoms with Crippen LogP contribution in [0.2, 0.25) is 0 Å². The molecule has 0 unspecified atom stereocenters. The molecule has 0 saturated carbocycles. The molecule has 2 aromatic rings. The van der Waals surface area contributed by atoms with Crippen LogP contribution in [0, 0.1) is 5.82 Å². The van der Waals surface area contributed by atoms with E-state index in [0.717, 1.165) is 5.69 Å².